The van der Waals surface area contributed by atoms with Crippen LogP contribution in [0.4, 0.5) is 0 Å². The van der Waals surface area contributed by atoms with Crippen molar-refractivity contribution in [3.63, 3.8) is 0 Å². The summed E-state index contributed by atoms with van der Waals surface area (Å²) >= 11 is 1.96. The molecule has 102 valence electrons. The molecule has 0 bridgehead atoms. The van der Waals surface area contributed by atoms with E-state index in [-0.39, 0.29) is 0 Å². The Morgan fingerprint density at radius 2 is 2.12 bits per heavy atom. The lowest BCUT2D eigenvalue weighted by molar-refractivity contribution is 0.245. The van der Waals surface area contributed by atoms with Gasteiger partial charge in [0.2, 0.25) is 0 Å². The Kier molecular flexibility index (Phi) is 7.56. The van der Waals surface area contributed by atoms with Crippen LogP contribution in [0.3, 0.4) is 0 Å². The fraction of sp³-hybridized carbons (Fsp3) is 1.00. The van der Waals surface area contributed by atoms with E-state index in [2.05, 4.69) is 26.1 Å². The van der Waals surface area contributed by atoms with E-state index in [1.165, 1.54) is 25.7 Å². The first kappa shape index (κ1) is 15.3. The van der Waals surface area contributed by atoms with Gasteiger partial charge in [0.1, 0.15) is 0 Å². The van der Waals surface area contributed by atoms with E-state index in [1.807, 2.05) is 11.8 Å². The third kappa shape index (κ3) is 5.19. The molecular weight excluding hydrogens is 230 g/mol. The van der Waals surface area contributed by atoms with Crippen molar-refractivity contribution in [3.8, 4) is 0 Å². The Morgan fingerprint density at radius 1 is 1.35 bits per heavy atom. The maximum absolute atomic E-state index is 8.99. The normalized spacial score (nSPS) is 29.8. The van der Waals surface area contributed by atoms with Crippen LogP contribution in [-0.4, -0.2) is 35.3 Å². The van der Waals surface area contributed by atoms with Gasteiger partial charge in [0, 0.05) is 17.0 Å². The Bertz CT molecular complexity index is 199. The molecule has 17 heavy (non-hydrogen) atoms. The third-order valence-corrected chi connectivity index (χ3v) is 5.22. The zero-order valence-electron chi connectivity index (χ0n) is 11.6. The fourth-order valence-corrected chi connectivity index (χ4v) is 3.97. The van der Waals surface area contributed by atoms with Gasteiger partial charge in [0.15, 0.2) is 0 Å². The Balaban J connectivity index is 2.46. The average molecular weight is 259 g/mol. The maximum atomic E-state index is 8.99. The second-order valence-corrected chi connectivity index (χ2v) is 6.86. The molecular formula is C14H29NOS. The zero-order valence-corrected chi connectivity index (χ0v) is 12.4. The van der Waals surface area contributed by atoms with Gasteiger partial charge in [-0.3, -0.25) is 0 Å². The van der Waals surface area contributed by atoms with Crippen molar-refractivity contribution >= 4 is 11.8 Å². The number of thioether (sulfide) groups is 1. The zero-order chi connectivity index (χ0) is 12.7. The first-order valence-electron chi connectivity index (χ1n) is 7.14. The molecule has 2 N–H and O–H groups in total. The maximum Gasteiger partial charge on any atom is 0.0521 e. The van der Waals surface area contributed by atoms with Crippen molar-refractivity contribution < 1.29 is 5.11 Å². The Morgan fingerprint density at radius 3 is 2.71 bits per heavy atom. The summed E-state index contributed by atoms with van der Waals surface area (Å²) in [6.07, 6.45) is 5.21. The van der Waals surface area contributed by atoms with Crippen LogP contribution in [0.5, 0.6) is 0 Å². The van der Waals surface area contributed by atoms with Crippen LogP contribution in [-0.2, 0) is 0 Å². The molecule has 3 unspecified atom stereocenters. The second kappa shape index (κ2) is 8.39. The van der Waals surface area contributed by atoms with Crippen LogP contribution < -0.4 is 5.32 Å². The lowest BCUT2D eigenvalue weighted by Crippen LogP contribution is -2.44. The van der Waals surface area contributed by atoms with Gasteiger partial charge in [-0.2, -0.15) is 11.8 Å². The van der Waals surface area contributed by atoms with Crippen LogP contribution in [0.2, 0.25) is 0 Å². The van der Waals surface area contributed by atoms with E-state index in [1.54, 1.807) is 0 Å². The number of hydrogen-bond acceptors (Lipinski definition) is 3. The van der Waals surface area contributed by atoms with Gasteiger partial charge >= 0.3 is 0 Å². The number of nitrogens with one attached hydrogen (secondary N) is 1. The summed E-state index contributed by atoms with van der Waals surface area (Å²) in [7, 11) is 0. The van der Waals surface area contributed by atoms with Crippen LogP contribution in [0.1, 0.15) is 46.5 Å². The summed E-state index contributed by atoms with van der Waals surface area (Å²) in [6.45, 7) is 8.36. The van der Waals surface area contributed by atoms with Gasteiger partial charge in [-0.25, -0.2) is 0 Å². The highest BCUT2D eigenvalue weighted by Crippen LogP contribution is 2.36. The Hall–Kier alpha value is 0.270. The molecule has 0 saturated heterocycles. The van der Waals surface area contributed by atoms with Crippen molar-refractivity contribution in [2.75, 3.05) is 18.9 Å². The lowest BCUT2D eigenvalue weighted by atomic mass is 9.79. The molecule has 0 spiro atoms. The molecule has 1 aliphatic rings. The molecule has 0 radical (unpaired) electrons. The molecule has 0 aromatic rings. The molecule has 0 heterocycles. The largest absolute Gasteiger partial charge is 0.396 e. The molecule has 0 aromatic carbocycles. The predicted molar refractivity (Wildman–Crippen MR) is 77.6 cm³/mol. The van der Waals surface area contributed by atoms with Gasteiger partial charge in [0.25, 0.3) is 0 Å². The summed E-state index contributed by atoms with van der Waals surface area (Å²) in [4.78, 5) is 0. The minimum absolute atomic E-state index is 0.314. The Labute approximate surface area is 111 Å². The van der Waals surface area contributed by atoms with Crippen LogP contribution in [0, 0.1) is 11.8 Å². The number of aliphatic hydroxyl groups excluding tert-OH is 1. The molecule has 1 aliphatic carbocycles. The number of rotatable bonds is 7. The summed E-state index contributed by atoms with van der Waals surface area (Å²) in [5.74, 6) is 2.57. The van der Waals surface area contributed by atoms with Crippen molar-refractivity contribution in [2.24, 2.45) is 11.8 Å². The fourth-order valence-electron chi connectivity index (χ4n) is 2.72. The molecule has 0 amide bonds. The molecule has 1 saturated carbocycles. The van der Waals surface area contributed by atoms with E-state index >= 15 is 0 Å². The molecule has 0 aromatic heterocycles. The van der Waals surface area contributed by atoms with Gasteiger partial charge in [-0.15, -0.1) is 0 Å². The smallest absolute Gasteiger partial charge is 0.0521 e. The molecule has 3 heteroatoms. The first-order chi connectivity index (χ1) is 8.19. The molecule has 2 nitrogen and oxygen atoms in total. The van der Waals surface area contributed by atoms with Crippen LogP contribution in [0.25, 0.3) is 0 Å². The average Bonchev–Trinajstić information content (AvgIpc) is 2.34. The topological polar surface area (TPSA) is 32.3 Å². The van der Waals surface area contributed by atoms with E-state index in [9.17, 15) is 0 Å². The van der Waals surface area contributed by atoms with E-state index in [4.69, 9.17) is 5.11 Å². The highest BCUT2D eigenvalue weighted by atomic mass is 32.2. The minimum atomic E-state index is 0.314. The molecule has 1 rings (SSSR count). The van der Waals surface area contributed by atoms with Crippen molar-refractivity contribution in [1.82, 2.24) is 5.32 Å². The van der Waals surface area contributed by atoms with Crippen LogP contribution in [0.15, 0.2) is 0 Å². The minimum Gasteiger partial charge on any atom is -0.396 e. The summed E-state index contributed by atoms with van der Waals surface area (Å²) in [5.41, 5.74) is 0. The van der Waals surface area contributed by atoms with Crippen LogP contribution >= 0.6 is 11.8 Å². The summed E-state index contributed by atoms with van der Waals surface area (Å²) < 4.78 is 0. The number of hydrogen-bond donors (Lipinski definition) is 2. The lowest BCUT2D eigenvalue weighted by Gasteiger charge is -2.38. The quantitative estimate of drug-likeness (QED) is 0.737. The standard InChI is InChI=1S/C14H29NOS/c1-4-7-15-13-6-5-12(11(2)3)10-14(13)17-9-8-16/h11-16H,4-10H2,1-3H3. The van der Waals surface area contributed by atoms with E-state index in [0.29, 0.717) is 17.9 Å². The second-order valence-electron chi connectivity index (χ2n) is 5.51. The molecule has 3 atom stereocenters. The SMILES string of the molecule is CCCNC1CCC(C(C)C)CC1SCCO. The molecule has 1 fully saturated rings. The van der Waals surface area contributed by atoms with E-state index in [0.717, 1.165) is 24.1 Å². The van der Waals surface area contributed by atoms with Gasteiger partial charge in [0.05, 0.1) is 6.61 Å². The predicted octanol–water partition coefficient (Wildman–Crippen LogP) is 2.90. The molecule has 0 aliphatic heterocycles. The number of aliphatic hydroxyl groups is 1. The van der Waals surface area contributed by atoms with Crippen molar-refractivity contribution in [3.05, 3.63) is 0 Å². The summed E-state index contributed by atoms with van der Waals surface area (Å²) in [5, 5.41) is 13.4. The highest BCUT2D eigenvalue weighted by Gasteiger charge is 2.31. The van der Waals surface area contributed by atoms with Gasteiger partial charge in [-0.1, -0.05) is 20.8 Å². The first-order valence-corrected chi connectivity index (χ1v) is 8.19. The van der Waals surface area contributed by atoms with Gasteiger partial charge < -0.3 is 10.4 Å². The highest BCUT2D eigenvalue weighted by molar-refractivity contribution is 7.99. The van der Waals surface area contributed by atoms with Crippen molar-refractivity contribution in [1.29, 1.82) is 0 Å². The van der Waals surface area contributed by atoms with Gasteiger partial charge in [-0.05, 0) is 44.1 Å². The van der Waals surface area contributed by atoms with Crippen molar-refractivity contribution in [2.45, 2.75) is 57.7 Å². The monoisotopic (exact) mass is 259 g/mol. The summed E-state index contributed by atoms with van der Waals surface area (Å²) in [6, 6.07) is 0.668. The third-order valence-electron chi connectivity index (χ3n) is 3.85. The van der Waals surface area contributed by atoms with E-state index < -0.39 is 0 Å².